The summed E-state index contributed by atoms with van der Waals surface area (Å²) < 4.78 is 0. The summed E-state index contributed by atoms with van der Waals surface area (Å²) in [5.74, 6) is -6.73. The molecular weight excluding hydrogens is 422 g/mol. The molecule has 0 aromatic rings. The van der Waals surface area contributed by atoms with Gasteiger partial charge in [-0.1, -0.05) is 0 Å². The molecular formula is C16H27N5O10. The van der Waals surface area contributed by atoms with Gasteiger partial charge in [-0.05, 0) is 13.8 Å². The van der Waals surface area contributed by atoms with E-state index in [1.165, 1.54) is 13.8 Å². The summed E-state index contributed by atoms with van der Waals surface area (Å²) in [7, 11) is 0. The van der Waals surface area contributed by atoms with Gasteiger partial charge < -0.3 is 47.4 Å². The van der Waals surface area contributed by atoms with E-state index in [1.54, 1.807) is 0 Å². The molecule has 176 valence electrons. The molecule has 5 atom stereocenters. The molecule has 0 saturated carbocycles. The molecule has 0 aliphatic heterocycles. The highest BCUT2D eigenvalue weighted by atomic mass is 16.4. The molecule has 10 N–H and O–H groups in total. The molecule has 0 radical (unpaired) electrons. The Balaban J connectivity index is 4.83. The van der Waals surface area contributed by atoms with Crippen LogP contribution in [0.3, 0.4) is 0 Å². The van der Waals surface area contributed by atoms with Crippen LogP contribution in [0.15, 0.2) is 0 Å². The highest BCUT2D eigenvalue weighted by Crippen LogP contribution is 1.96. The SMILES string of the molecule is C[C@H](NC(=O)[C@H](C)NC(=O)[C@H](CO)NC(=O)[C@@H](N)CO)C(=O)N[C@@H](CC(=O)O)C(=O)O. The van der Waals surface area contributed by atoms with Gasteiger partial charge in [0.15, 0.2) is 0 Å². The van der Waals surface area contributed by atoms with E-state index < -0.39 is 85.4 Å². The molecule has 0 spiro atoms. The van der Waals surface area contributed by atoms with Gasteiger partial charge >= 0.3 is 11.9 Å². The van der Waals surface area contributed by atoms with Crippen LogP contribution in [0.1, 0.15) is 20.3 Å². The van der Waals surface area contributed by atoms with Crippen LogP contribution >= 0.6 is 0 Å². The topological polar surface area (TPSA) is 257 Å². The minimum atomic E-state index is -1.71. The van der Waals surface area contributed by atoms with Crippen LogP contribution in [0, 0.1) is 0 Å². The molecule has 0 bridgehead atoms. The van der Waals surface area contributed by atoms with Gasteiger partial charge in [-0.15, -0.1) is 0 Å². The number of amides is 4. The summed E-state index contributed by atoms with van der Waals surface area (Å²) >= 11 is 0. The number of carboxylic acids is 2. The molecule has 31 heavy (non-hydrogen) atoms. The molecule has 0 aromatic heterocycles. The van der Waals surface area contributed by atoms with E-state index in [4.69, 9.17) is 21.1 Å². The number of aliphatic hydroxyl groups excluding tert-OH is 2. The van der Waals surface area contributed by atoms with Crippen molar-refractivity contribution in [1.82, 2.24) is 21.3 Å². The number of hydrogen-bond donors (Lipinski definition) is 9. The van der Waals surface area contributed by atoms with Gasteiger partial charge in [-0.25, -0.2) is 4.79 Å². The lowest BCUT2D eigenvalue weighted by molar-refractivity contribution is -0.147. The van der Waals surface area contributed by atoms with E-state index in [-0.39, 0.29) is 0 Å². The number of aliphatic carboxylic acids is 2. The molecule has 0 saturated heterocycles. The number of aliphatic hydroxyl groups is 2. The maximum atomic E-state index is 12.2. The number of rotatable bonds is 13. The van der Waals surface area contributed by atoms with Gasteiger partial charge in [0.1, 0.15) is 30.2 Å². The molecule has 0 heterocycles. The summed E-state index contributed by atoms with van der Waals surface area (Å²) in [6.07, 6.45) is -0.873. The quantitative estimate of drug-likeness (QED) is 0.128. The zero-order chi connectivity index (χ0) is 24.3. The van der Waals surface area contributed by atoms with E-state index >= 15 is 0 Å². The molecule has 0 aliphatic rings. The Hall–Kier alpha value is -3.30. The fraction of sp³-hybridized carbons (Fsp3) is 0.625. The first-order chi connectivity index (χ1) is 14.3. The van der Waals surface area contributed by atoms with E-state index in [2.05, 4.69) is 16.0 Å². The van der Waals surface area contributed by atoms with Crippen molar-refractivity contribution in [2.75, 3.05) is 13.2 Å². The highest BCUT2D eigenvalue weighted by Gasteiger charge is 2.29. The summed E-state index contributed by atoms with van der Waals surface area (Å²) in [5, 5.41) is 44.1. The van der Waals surface area contributed by atoms with E-state index in [0.717, 1.165) is 0 Å². The van der Waals surface area contributed by atoms with Crippen LogP contribution in [0.5, 0.6) is 0 Å². The first-order valence-corrected chi connectivity index (χ1v) is 8.97. The summed E-state index contributed by atoms with van der Waals surface area (Å²) in [5.41, 5.74) is 5.29. The minimum Gasteiger partial charge on any atom is -0.481 e. The van der Waals surface area contributed by atoms with Crippen molar-refractivity contribution in [1.29, 1.82) is 0 Å². The van der Waals surface area contributed by atoms with Crippen molar-refractivity contribution in [2.24, 2.45) is 5.73 Å². The van der Waals surface area contributed by atoms with Crippen molar-refractivity contribution < 1.29 is 49.2 Å². The highest BCUT2D eigenvalue weighted by molar-refractivity contribution is 5.95. The van der Waals surface area contributed by atoms with Crippen LogP contribution in [0.4, 0.5) is 0 Å². The van der Waals surface area contributed by atoms with Crippen molar-refractivity contribution in [3.8, 4) is 0 Å². The van der Waals surface area contributed by atoms with Crippen molar-refractivity contribution >= 4 is 35.6 Å². The number of hydrogen-bond acceptors (Lipinski definition) is 9. The second-order valence-corrected chi connectivity index (χ2v) is 6.49. The first-order valence-electron chi connectivity index (χ1n) is 8.97. The number of nitrogens with two attached hydrogens (primary N) is 1. The molecule has 0 rings (SSSR count). The molecule has 4 amide bonds. The lowest BCUT2D eigenvalue weighted by Crippen LogP contribution is -2.58. The normalized spacial score (nSPS) is 15.4. The van der Waals surface area contributed by atoms with E-state index in [0.29, 0.717) is 0 Å². The predicted octanol–water partition coefficient (Wildman–Crippen LogP) is -5.16. The lowest BCUT2D eigenvalue weighted by Gasteiger charge is -2.22. The third kappa shape index (κ3) is 9.83. The molecule has 0 fully saturated rings. The largest absolute Gasteiger partial charge is 0.481 e. The average molecular weight is 449 g/mol. The van der Waals surface area contributed by atoms with Crippen molar-refractivity contribution in [3.63, 3.8) is 0 Å². The first kappa shape index (κ1) is 27.7. The lowest BCUT2D eigenvalue weighted by atomic mass is 10.2. The second-order valence-electron chi connectivity index (χ2n) is 6.49. The van der Waals surface area contributed by atoms with Crippen LogP contribution < -0.4 is 27.0 Å². The van der Waals surface area contributed by atoms with Gasteiger partial charge in [0.05, 0.1) is 19.6 Å². The standard InChI is InChI=1S/C16H27N5O10/c1-6(19-15(29)10(5-23)21-14(28)8(17)4-22)12(26)18-7(2)13(27)20-9(16(30)31)3-11(24)25/h6-10,22-23H,3-5,17H2,1-2H3,(H,18,26)(H,19,29)(H,20,27)(H,21,28)(H,24,25)(H,30,31)/t6-,7-,8-,9-,10-/m0/s1. The molecule has 0 aromatic carbocycles. The van der Waals surface area contributed by atoms with Gasteiger partial charge in [0, 0.05) is 0 Å². The Morgan fingerprint density at radius 1 is 0.710 bits per heavy atom. The van der Waals surface area contributed by atoms with Gasteiger partial charge in [-0.3, -0.25) is 24.0 Å². The van der Waals surface area contributed by atoms with Gasteiger partial charge in [0.2, 0.25) is 23.6 Å². The Kier molecular flexibility index (Phi) is 11.7. The number of carbonyl (C=O) groups is 6. The maximum Gasteiger partial charge on any atom is 0.326 e. The van der Waals surface area contributed by atoms with Crippen LogP contribution in [0.25, 0.3) is 0 Å². The fourth-order valence-electron chi connectivity index (χ4n) is 2.01. The second kappa shape index (κ2) is 13.1. The van der Waals surface area contributed by atoms with Crippen molar-refractivity contribution in [2.45, 2.75) is 50.5 Å². The average Bonchev–Trinajstić information content (AvgIpc) is 2.69. The predicted molar refractivity (Wildman–Crippen MR) is 101 cm³/mol. The fourth-order valence-corrected chi connectivity index (χ4v) is 2.01. The minimum absolute atomic E-state index is 0.695. The number of carbonyl (C=O) groups excluding carboxylic acids is 4. The van der Waals surface area contributed by atoms with Crippen LogP contribution in [-0.2, 0) is 28.8 Å². The Labute approximate surface area is 176 Å². The number of carboxylic acid groups (broad SMARTS) is 2. The summed E-state index contributed by atoms with van der Waals surface area (Å²) in [6, 6.07) is -7.01. The molecule has 0 unspecified atom stereocenters. The third-order valence-corrected chi connectivity index (χ3v) is 3.85. The number of nitrogens with one attached hydrogen (secondary N) is 4. The zero-order valence-corrected chi connectivity index (χ0v) is 16.8. The maximum absolute atomic E-state index is 12.2. The Morgan fingerprint density at radius 3 is 1.58 bits per heavy atom. The monoisotopic (exact) mass is 449 g/mol. The summed E-state index contributed by atoms with van der Waals surface area (Å²) in [6.45, 7) is 0.912. The molecule has 15 heteroatoms. The zero-order valence-electron chi connectivity index (χ0n) is 16.8. The smallest absolute Gasteiger partial charge is 0.326 e. The van der Waals surface area contributed by atoms with Crippen LogP contribution in [-0.4, -0.2) is 99.4 Å². The Morgan fingerprint density at radius 2 is 1.16 bits per heavy atom. The Bertz CT molecular complexity index is 700. The van der Waals surface area contributed by atoms with E-state index in [1.807, 2.05) is 5.32 Å². The summed E-state index contributed by atoms with van der Waals surface area (Å²) in [4.78, 5) is 69.5. The molecule has 15 nitrogen and oxygen atoms in total. The van der Waals surface area contributed by atoms with Gasteiger partial charge in [0.25, 0.3) is 0 Å². The third-order valence-electron chi connectivity index (χ3n) is 3.85. The van der Waals surface area contributed by atoms with E-state index in [9.17, 15) is 33.9 Å². The van der Waals surface area contributed by atoms with Gasteiger partial charge in [-0.2, -0.15) is 0 Å². The molecule has 0 aliphatic carbocycles. The van der Waals surface area contributed by atoms with Crippen molar-refractivity contribution in [3.05, 3.63) is 0 Å². The van der Waals surface area contributed by atoms with Crippen LogP contribution in [0.2, 0.25) is 0 Å².